The standard InChI is InChI=1S/C22H22O6/c1-4-15(3)27-21(23)13-25-17-9-10-18-19(11-17)26-12-20(22(18)24)28-16-7-5-14(2)6-8-16/h5-12,15H,4,13H2,1-3H3. The average Bonchev–Trinajstić information content (AvgIpc) is 2.70. The maximum Gasteiger partial charge on any atom is 0.344 e. The van der Waals surface area contributed by atoms with Crippen LogP contribution in [0.3, 0.4) is 0 Å². The molecule has 3 aromatic rings. The van der Waals surface area contributed by atoms with E-state index in [2.05, 4.69) is 0 Å². The second-order valence-corrected chi connectivity index (χ2v) is 6.50. The molecule has 0 N–H and O–H groups in total. The van der Waals surface area contributed by atoms with Crippen LogP contribution in [0, 0.1) is 6.92 Å². The van der Waals surface area contributed by atoms with Crippen molar-refractivity contribution in [2.24, 2.45) is 0 Å². The van der Waals surface area contributed by atoms with Crippen LogP contribution in [-0.2, 0) is 9.53 Å². The summed E-state index contributed by atoms with van der Waals surface area (Å²) in [7, 11) is 0. The lowest BCUT2D eigenvalue weighted by atomic mass is 10.2. The molecule has 0 aliphatic rings. The molecular formula is C22H22O6. The molecule has 3 rings (SSSR count). The molecule has 0 radical (unpaired) electrons. The second kappa shape index (κ2) is 8.61. The lowest BCUT2D eigenvalue weighted by molar-refractivity contribution is -0.150. The van der Waals surface area contributed by atoms with Gasteiger partial charge in [0, 0.05) is 6.07 Å². The molecular weight excluding hydrogens is 360 g/mol. The zero-order valence-electron chi connectivity index (χ0n) is 16.1. The monoisotopic (exact) mass is 382 g/mol. The van der Waals surface area contributed by atoms with Crippen LogP contribution >= 0.6 is 0 Å². The molecule has 6 nitrogen and oxygen atoms in total. The summed E-state index contributed by atoms with van der Waals surface area (Å²) in [4.78, 5) is 24.3. The number of esters is 1. The van der Waals surface area contributed by atoms with Gasteiger partial charge in [-0.1, -0.05) is 24.6 Å². The van der Waals surface area contributed by atoms with Gasteiger partial charge in [0.2, 0.25) is 11.2 Å². The van der Waals surface area contributed by atoms with Crippen LogP contribution < -0.4 is 14.9 Å². The van der Waals surface area contributed by atoms with Crippen LogP contribution in [0.1, 0.15) is 25.8 Å². The zero-order valence-corrected chi connectivity index (χ0v) is 16.1. The van der Waals surface area contributed by atoms with Crippen molar-refractivity contribution in [2.45, 2.75) is 33.3 Å². The minimum atomic E-state index is -0.447. The highest BCUT2D eigenvalue weighted by molar-refractivity contribution is 5.79. The van der Waals surface area contributed by atoms with E-state index in [1.807, 2.05) is 32.9 Å². The maximum absolute atomic E-state index is 12.6. The van der Waals surface area contributed by atoms with E-state index in [9.17, 15) is 9.59 Å². The van der Waals surface area contributed by atoms with Gasteiger partial charge in [0.05, 0.1) is 11.5 Å². The predicted octanol–water partition coefficient (Wildman–Crippen LogP) is 4.61. The van der Waals surface area contributed by atoms with E-state index < -0.39 is 5.97 Å². The molecule has 146 valence electrons. The Hall–Kier alpha value is -3.28. The van der Waals surface area contributed by atoms with Gasteiger partial charge in [0.25, 0.3) is 0 Å². The van der Waals surface area contributed by atoms with Gasteiger partial charge in [-0.3, -0.25) is 4.79 Å². The van der Waals surface area contributed by atoms with Crippen molar-refractivity contribution < 1.29 is 23.4 Å². The number of aryl methyl sites for hydroxylation is 1. The van der Waals surface area contributed by atoms with Crippen LogP contribution in [0.2, 0.25) is 0 Å². The number of rotatable bonds is 7. The molecule has 0 saturated heterocycles. The fourth-order valence-electron chi connectivity index (χ4n) is 2.47. The molecule has 6 heteroatoms. The molecule has 0 fully saturated rings. The molecule has 1 unspecified atom stereocenters. The third-order valence-corrected chi connectivity index (χ3v) is 4.23. The van der Waals surface area contributed by atoms with E-state index in [0.717, 1.165) is 12.0 Å². The first-order chi connectivity index (χ1) is 13.5. The van der Waals surface area contributed by atoms with Crippen molar-refractivity contribution in [3.05, 3.63) is 64.5 Å². The summed E-state index contributed by atoms with van der Waals surface area (Å²) in [5.41, 5.74) is 1.15. The maximum atomic E-state index is 12.6. The van der Waals surface area contributed by atoms with Gasteiger partial charge >= 0.3 is 5.97 Å². The van der Waals surface area contributed by atoms with E-state index >= 15 is 0 Å². The Bertz CT molecular complexity index is 1020. The number of hydrogen-bond acceptors (Lipinski definition) is 6. The summed E-state index contributed by atoms with van der Waals surface area (Å²) in [6.45, 7) is 5.51. The fourth-order valence-corrected chi connectivity index (χ4v) is 2.47. The summed E-state index contributed by atoms with van der Waals surface area (Å²) >= 11 is 0. The lowest BCUT2D eigenvalue weighted by Gasteiger charge is -2.11. The van der Waals surface area contributed by atoms with E-state index in [4.69, 9.17) is 18.6 Å². The molecule has 0 spiro atoms. The number of fused-ring (bicyclic) bond motifs is 1. The summed E-state index contributed by atoms with van der Waals surface area (Å²) in [5.74, 6) is 0.612. The van der Waals surface area contributed by atoms with Crippen molar-refractivity contribution >= 4 is 16.9 Å². The Balaban J connectivity index is 1.74. The molecule has 0 aliphatic carbocycles. The van der Waals surface area contributed by atoms with Crippen molar-refractivity contribution in [1.82, 2.24) is 0 Å². The first-order valence-corrected chi connectivity index (χ1v) is 9.08. The van der Waals surface area contributed by atoms with Crippen LogP contribution in [0.25, 0.3) is 11.0 Å². The smallest absolute Gasteiger partial charge is 0.344 e. The Labute approximate surface area is 162 Å². The van der Waals surface area contributed by atoms with Gasteiger partial charge in [-0.25, -0.2) is 4.79 Å². The van der Waals surface area contributed by atoms with Crippen molar-refractivity contribution in [3.63, 3.8) is 0 Å². The van der Waals surface area contributed by atoms with Gasteiger partial charge in [0.1, 0.15) is 23.3 Å². The van der Waals surface area contributed by atoms with Crippen LogP contribution in [0.15, 0.2) is 57.9 Å². The topological polar surface area (TPSA) is 75.0 Å². The molecule has 1 atom stereocenters. The van der Waals surface area contributed by atoms with Gasteiger partial charge in [-0.2, -0.15) is 0 Å². The fraction of sp³-hybridized carbons (Fsp3) is 0.273. The Morgan fingerprint density at radius 2 is 1.82 bits per heavy atom. The zero-order chi connectivity index (χ0) is 20.1. The van der Waals surface area contributed by atoms with Gasteiger partial charge in [-0.15, -0.1) is 0 Å². The number of hydrogen-bond donors (Lipinski definition) is 0. The number of carbonyl (C=O) groups is 1. The predicted molar refractivity (Wildman–Crippen MR) is 105 cm³/mol. The highest BCUT2D eigenvalue weighted by Gasteiger charge is 2.12. The van der Waals surface area contributed by atoms with Crippen molar-refractivity contribution in [3.8, 4) is 17.2 Å². The summed E-state index contributed by atoms with van der Waals surface area (Å²) in [5, 5.41) is 0.360. The molecule has 1 heterocycles. The minimum absolute atomic E-state index is 0.0992. The molecule has 0 amide bonds. The number of ether oxygens (including phenoxy) is 3. The second-order valence-electron chi connectivity index (χ2n) is 6.50. The Morgan fingerprint density at radius 3 is 2.54 bits per heavy atom. The minimum Gasteiger partial charge on any atom is -0.482 e. The molecule has 0 bridgehead atoms. The summed E-state index contributed by atoms with van der Waals surface area (Å²) < 4.78 is 21.7. The quantitative estimate of drug-likeness (QED) is 0.555. The molecule has 0 saturated carbocycles. The van der Waals surface area contributed by atoms with E-state index in [1.54, 1.807) is 30.3 Å². The lowest BCUT2D eigenvalue weighted by Crippen LogP contribution is -2.20. The SMILES string of the molecule is CCC(C)OC(=O)COc1ccc2c(=O)c(Oc3ccc(C)cc3)coc2c1. The summed E-state index contributed by atoms with van der Waals surface area (Å²) in [6, 6.07) is 12.1. The van der Waals surface area contributed by atoms with E-state index in [0.29, 0.717) is 22.5 Å². The number of benzene rings is 2. The average molecular weight is 382 g/mol. The molecule has 2 aromatic carbocycles. The normalized spacial score (nSPS) is 11.8. The number of carbonyl (C=O) groups excluding carboxylic acids is 1. The van der Waals surface area contributed by atoms with Crippen LogP contribution in [0.5, 0.6) is 17.2 Å². The van der Waals surface area contributed by atoms with Crippen molar-refractivity contribution in [1.29, 1.82) is 0 Å². The largest absolute Gasteiger partial charge is 0.482 e. The highest BCUT2D eigenvalue weighted by Crippen LogP contribution is 2.24. The highest BCUT2D eigenvalue weighted by atomic mass is 16.6. The van der Waals surface area contributed by atoms with Gasteiger partial charge < -0.3 is 18.6 Å². The van der Waals surface area contributed by atoms with Crippen LogP contribution in [-0.4, -0.2) is 18.7 Å². The van der Waals surface area contributed by atoms with E-state index in [1.165, 1.54) is 6.26 Å². The van der Waals surface area contributed by atoms with Crippen molar-refractivity contribution in [2.75, 3.05) is 6.61 Å². The van der Waals surface area contributed by atoms with Gasteiger partial charge in [-0.05, 0) is 44.5 Å². The molecule has 0 aliphatic heterocycles. The van der Waals surface area contributed by atoms with Gasteiger partial charge in [0.15, 0.2) is 6.61 Å². The third kappa shape index (κ3) is 4.71. The summed E-state index contributed by atoms with van der Waals surface area (Å²) in [6.07, 6.45) is 1.85. The first-order valence-electron chi connectivity index (χ1n) is 9.08. The first kappa shape index (κ1) is 19.5. The Kier molecular flexibility index (Phi) is 5.99. The van der Waals surface area contributed by atoms with Crippen LogP contribution in [0.4, 0.5) is 0 Å². The molecule has 1 aromatic heterocycles. The Morgan fingerprint density at radius 1 is 1.11 bits per heavy atom. The van der Waals surface area contributed by atoms with E-state index in [-0.39, 0.29) is 23.9 Å². The third-order valence-electron chi connectivity index (χ3n) is 4.23. The molecule has 28 heavy (non-hydrogen) atoms.